The highest BCUT2D eigenvalue weighted by atomic mass is 35.5. The average Bonchev–Trinajstić information content (AvgIpc) is 1.91. The van der Waals surface area contributed by atoms with Crippen molar-refractivity contribution in [1.29, 1.82) is 0 Å². The predicted molar refractivity (Wildman–Crippen MR) is 51.2 cm³/mol. The summed E-state index contributed by atoms with van der Waals surface area (Å²) in [5.41, 5.74) is 7.47. The van der Waals surface area contributed by atoms with Gasteiger partial charge in [-0.25, -0.2) is 0 Å². The molecule has 0 spiro atoms. The molecular formula is C9H11ClN2. The van der Waals surface area contributed by atoms with Crippen LogP contribution in [0, 0.1) is 0 Å². The summed E-state index contributed by atoms with van der Waals surface area (Å²) in [6, 6.07) is 6.13. The smallest absolute Gasteiger partial charge is 0.0474 e. The van der Waals surface area contributed by atoms with Gasteiger partial charge in [-0.1, -0.05) is 17.7 Å². The molecule has 1 saturated heterocycles. The number of benzene rings is 1. The van der Waals surface area contributed by atoms with E-state index in [0.29, 0.717) is 6.04 Å². The monoisotopic (exact) mass is 182 g/mol. The first kappa shape index (κ1) is 7.90. The SMILES string of the molecule is Nc1ccc([C@@H]2CCN2)c(Cl)c1. The van der Waals surface area contributed by atoms with E-state index < -0.39 is 0 Å². The van der Waals surface area contributed by atoms with E-state index in [1.54, 1.807) is 6.07 Å². The summed E-state index contributed by atoms with van der Waals surface area (Å²) in [6.07, 6.45) is 1.17. The largest absolute Gasteiger partial charge is 0.399 e. The Morgan fingerprint density at radius 3 is 2.75 bits per heavy atom. The van der Waals surface area contributed by atoms with Crippen LogP contribution in [-0.4, -0.2) is 6.54 Å². The van der Waals surface area contributed by atoms with Gasteiger partial charge in [-0.05, 0) is 30.7 Å². The van der Waals surface area contributed by atoms with Gasteiger partial charge in [-0.15, -0.1) is 0 Å². The lowest BCUT2D eigenvalue weighted by molar-refractivity contribution is 0.383. The minimum Gasteiger partial charge on any atom is -0.399 e. The summed E-state index contributed by atoms with van der Waals surface area (Å²) in [6.45, 7) is 1.09. The normalized spacial score (nSPS) is 21.9. The molecule has 1 fully saturated rings. The van der Waals surface area contributed by atoms with Crippen molar-refractivity contribution in [1.82, 2.24) is 5.32 Å². The van der Waals surface area contributed by atoms with Crippen LogP contribution in [0.2, 0.25) is 5.02 Å². The number of nitrogens with one attached hydrogen (secondary N) is 1. The van der Waals surface area contributed by atoms with Crippen LogP contribution in [0.5, 0.6) is 0 Å². The number of nitrogen functional groups attached to an aromatic ring is 1. The number of hydrogen-bond acceptors (Lipinski definition) is 2. The van der Waals surface area contributed by atoms with Gasteiger partial charge in [-0.3, -0.25) is 0 Å². The van der Waals surface area contributed by atoms with Crippen molar-refractivity contribution in [3.8, 4) is 0 Å². The van der Waals surface area contributed by atoms with Crippen molar-refractivity contribution in [2.45, 2.75) is 12.5 Å². The number of halogens is 1. The van der Waals surface area contributed by atoms with Crippen molar-refractivity contribution >= 4 is 17.3 Å². The van der Waals surface area contributed by atoms with Gasteiger partial charge in [0.25, 0.3) is 0 Å². The van der Waals surface area contributed by atoms with Gasteiger partial charge in [0.05, 0.1) is 0 Å². The van der Waals surface area contributed by atoms with Gasteiger partial charge in [0.15, 0.2) is 0 Å². The third kappa shape index (κ3) is 1.28. The Morgan fingerprint density at radius 2 is 2.25 bits per heavy atom. The van der Waals surface area contributed by atoms with Crippen LogP contribution >= 0.6 is 11.6 Å². The van der Waals surface area contributed by atoms with E-state index in [0.717, 1.165) is 22.8 Å². The van der Waals surface area contributed by atoms with Crippen LogP contribution in [-0.2, 0) is 0 Å². The third-order valence-corrected chi connectivity index (χ3v) is 2.55. The Morgan fingerprint density at radius 1 is 1.50 bits per heavy atom. The molecule has 0 aromatic heterocycles. The van der Waals surface area contributed by atoms with Gasteiger partial charge in [0.2, 0.25) is 0 Å². The summed E-state index contributed by atoms with van der Waals surface area (Å²) in [4.78, 5) is 0. The zero-order chi connectivity index (χ0) is 8.55. The van der Waals surface area contributed by atoms with E-state index in [2.05, 4.69) is 5.32 Å². The zero-order valence-corrected chi connectivity index (χ0v) is 7.43. The molecule has 64 valence electrons. The molecule has 1 aliphatic heterocycles. The van der Waals surface area contributed by atoms with Gasteiger partial charge in [0.1, 0.15) is 0 Å². The topological polar surface area (TPSA) is 38.0 Å². The van der Waals surface area contributed by atoms with Crippen LogP contribution in [0.3, 0.4) is 0 Å². The van der Waals surface area contributed by atoms with Crippen molar-refractivity contribution in [3.05, 3.63) is 28.8 Å². The zero-order valence-electron chi connectivity index (χ0n) is 6.68. The fraction of sp³-hybridized carbons (Fsp3) is 0.333. The summed E-state index contributed by atoms with van der Waals surface area (Å²) in [7, 11) is 0. The molecule has 0 aliphatic carbocycles. The van der Waals surface area contributed by atoms with Crippen molar-refractivity contribution in [2.24, 2.45) is 0 Å². The average molecular weight is 183 g/mol. The second kappa shape index (κ2) is 2.96. The van der Waals surface area contributed by atoms with Crippen LogP contribution in [0.1, 0.15) is 18.0 Å². The van der Waals surface area contributed by atoms with E-state index >= 15 is 0 Å². The molecule has 12 heavy (non-hydrogen) atoms. The van der Waals surface area contributed by atoms with Gasteiger partial charge in [0, 0.05) is 16.8 Å². The highest BCUT2D eigenvalue weighted by Crippen LogP contribution is 2.30. The molecular weight excluding hydrogens is 172 g/mol. The van der Waals surface area contributed by atoms with Crippen molar-refractivity contribution in [2.75, 3.05) is 12.3 Å². The Kier molecular flexibility index (Phi) is 1.95. The lowest BCUT2D eigenvalue weighted by Gasteiger charge is -2.28. The molecule has 1 aliphatic rings. The molecule has 3 N–H and O–H groups in total. The Hall–Kier alpha value is -0.730. The molecule has 1 atom stereocenters. The quantitative estimate of drug-likeness (QED) is 0.652. The molecule has 0 bridgehead atoms. The maximum Gasteiger partial charge on any atom is 0.0474 e. The number of nitrogens with two attached hydrogens (primary N) is 1. The van der Waals surface area contributed by atoms with E-state index in [4.69, 9.17) is 17.3 Å². The van der Waals surface area contributed by atoms with Gasteiger partial charge in [-0.2, -0.15) is 0 Å². The lowest BCUT2D eigenvalue weighted by Crippen LogP contribution is -2.35. The van der Waals surface area contributed by atoms with Crippen LogP contribution in [0.4, 0.5) is 5.69 Å². The summed E-state index contributed by atoms with van der Waals surface area (Å²) < 4.78 is 0. The highest BCUT2D eigenvalue weighted by Gasteiger charge is 2.20. The minimum absolute atomic E-state index is 0.443. The number of anilines is 1. The van der Waals surface area contributed by atoms with E-state index in [1.165, 1.54) is 6.42 Å². The van der Waals surface area contributed by atoms with Crippen molar-refractivity contribution < 1.29 is 0 Å². The Bertz CT molecular complexity index is 295. The molecule has 2 nitrogen and oxygen atoms in total. The first-order chi connectivity index (χ1) is 5.77. The summed E-state index contributed by atoms with van der Waals surface area (Å²) >= 11 is 6.02. The fourth-order valence-electron chi connectivity index (χ4n) is 1.38. The summed E-state index contributed by atoms with van der Waals surface area (Å²) in [5, 5.41) is 4.07. The molecule has 1 aromatic carbocycles. The Labute approximate surface area is 76.7 Å². The first-order valence-electron chi connectivity index (χ1n) is 4.05. The maximum absolute atomic E-state index is 6.02. The first-order valence-corrected chi connectivity index (χ1v) is 4.43. The number of hydrogen-bond donors (Lipinski definition) is 2. The number of rotatable bonds is 1. The van der Waals surface area contributed by atoms with Crippen molar-refractivity contribution in [3.63, 3.8) is 0 Å². The van der Waals surface area contributed by atoms with Gasteiger partial charge < -0.3 is 11.1 Å². The molecule has 0 amide bonds. The molecule has 0 saturated carbocycles. The van der Waals surface area contributed by atoms with E-state index in [9.17, 15) is 0 Å². The maximum atomic E-state index is 6.02. The molecule has 1 aromatic rings. The molecule has 2 rings (SSSR count). The van der Waals surface area contributed by atoms with Crippen LogP contribution in [0.25, 0.3) is 0 Å². The van der Waals surface area contributed by atoms with Crippen LogP contribution < -0.4 is 11.1 Å². The highest BCUT2D eigenvalue weighted by molar-refractivity contribution is 6.31. The Balaban J connectivity index is 2.31. The molecule has 3 heteroatoms. The molecule has 0 radical (unpaired) electrons. The standard InChI is InChI=1S/C9H11ClN2/c10-8-5-6(11)1-2-7(8)9-3-4-12-9/h1-2,5,9,12H,3-4,11H2/t9-/m0/s1. The predicted octanol–water partition coefficient (Wildman–Crippen LogP) is 1.96. The molecule has 0 unspecified atom stereocenters. The third-order valence-electron chi connectivity index (χ3n) is 2.22. The van der Waals surface area contributed by atoms with Crippen LogP contribution in [0.15, 0.2) is 18.2 Å². The second-order valence-corrected chi connectivity index (χ2v) is 3.48. The lowest BCUT2D eigenvalue weighted by atomic mass is 9.98. The van der Waals surface area contributed by atoms with E-state index in [-0.39, 0.29) is 0 Å². The minimum atomic E-state index is 0.443. The van der Waals surface area contributed by atoms with E-state index in [1.807, 2.05) is 12.1 Å². The molecule has 1 heterocycles. The summed E-state index contributed by atoms with van der Waals surface area (Å²) in [5.74, 6) is 0. The second-order valence-electron chi connectivity index (χ2n) is 3.08. The van der Waals surface area contributed by atoms with Gasteiger partial charge >= 0.3 is 0 Å². The fourth-order valence-corrected chi connectivity index (χ4v) is 1.70.